The number of carboxylic acid groups (broad SMARTS) is 1. The van der Waals surface area contributed by atoms with E-state index in [-0.39, 0.29) is 0 Å². The Hall–Kier alpha value is -1.41. The summed E-state index contributed by atoms with van der Waals surface area (Å²) in [6.45, 7) is 0. The van der Waals surface area contributed by atoms with E-state index >= 15 is 0 Å². The molecule has 0 aromatic heterocycles. The van der Waals surface area contributed by atoms with Crippen molar-refractivity contribution in [1.82, 2.24) is 4.90 Å². The predicted molar refractivity (Wildman–Crippen MR) is 39.2 cm³/mol. The SMILES string of the molecule is O=C(O)C(F)(F)C(F)(F)N1C(F)(F)C(F)(F)C(F)(F)C1(F)F. The van der Waals surface area contributed by atoms with Crippen molar-refractivity contribution < 1.29 is 62.6 Å². The maximum absolute atomic E-state index is 13.0. The van der Waals surface area contributed by atoms with Gasteiger partial charge in [-0.2, -0.15) is 52.7 Å². The minimum atomic E-state index is -7.28. The van der Waals surface area contributed by atoms with Crippen LogP contribution in [0, 0.1) is 0 Å². The Bertz CT molecular complexity index is 474. The Labute approximate surface area is 111 Å². The van der Waals surface area contributed by atoms with E-state index in [1.165, 1.54) is 0 Å². The molecule has 0 unspecified atom stereocenters. The molecule has 1 aliphatic rings. The van der Waals surface area contributed by atoms with Crippen LogP contribution in [0.5, 0.6) is 0 Å². The highest BCUT2D eigenvalue weighted by atomic mass is 19.4. The lowest BCUT2D eigenvalue weighted by atomic mass is 10.2. The van der Waals surface area contributed by atoms with Crippen LogP contribution in [0.25, 0.3) is 0 Å². The van der Waals surface area contributed by atoms with Crippen LogP contribution < -0.4 is 0 Å². The highest BCUT2D eigenvalue weighted by molar-refractivity contribution is 5.76. The molecule has 0 spiro atoms. The predicted octanol–water partition coefficient (Wildman–Crippen LogP) is 3.07. The molecule has 22 heavy (non-hydrogen) atoms. The lowest BCUT2D eigenvalue weighted by Crippen LogP contribution is -2.67. The number of hydrogen-bond acceptors (Lipinski definition) is 2. The molecule has 0 aromatic rings. The zero-order chi connectivity index (χ0) is 18.2. The zero-order valence-corrected chi connectivity index (χ0v) is 9.34. The Morgan fingerprint density at radius 3 is 1.27 bits per heavy atom. The molecule has 0 aliphatic carbocycles. The van der Waals surface area contributed by atoms with E-state index in [9.17, 15) is 57.5 Å². The minimum absolute atomic E-state index is 3.78. The topological polar surface area (TPSA) is 40.5 Å². The number of carbonyl (C=O) groups is 1. The Kier molecular flexibility index (Phi) is 3.48. The van der Waals surface area contributed by atoms with Gasteiger partial charge in [0.1, 0.15) is 0 Å². The summed E-state index contributed by atoms with van der Waals surface area (Å²) < 4.78 is 153. The maximum Gasteiger partial charge on any atom is 0.419 e. The van der Waals surface area contributed by atoms with Crippen LogP contribution in [0.1, 0.15) is 0 Å². The van der Waals surface area contributed by atoms with E-state index in [0.717, 1.165) is 0 Å². The van der Waals surface area contributed by atoms with Crippen LogP contribution in [0.15, 0.2) is 0 Å². The summed E-state index contributed by atoms with van der Waals surface area (Å²) >= 11 is 0. The van der Waals surface area contributed by atoms with Crippen molar-refractivity contribution in [3.05, 3.63) is 0 Å². The van der Waals surface area contributed by atoms with Gasteiger partial charge in [0.15, 0.2) is 0 Å². The molecule has 0 aromatic carbocycles. The Morgan fingerprint density at radius 1 is 0.773 bits per heavy atom. The monoisotopic (exact) mass is 359 g/mol. The molecule has 0 amide bonds. The van der Waals surface area contributed by atoms with Crippen molar-refractivity contribution in [2.24, 2.45) is 0 Å². The smallest absolute Gasteiger partial charge is 0.419 e. The molecule has 1 heterocycles. The number of hydrogen-bond donors (Lipinski definition) is 1. The quantitative estimate of drug-likeness (QED) is 0.622. The molecule has 130 valence electrons. The lowest BCUT2D eigenvalue weighted by molar-refractivity contribution is -0.402. The van der Waals surface area contributed by atoms with Gasteiger partial charge in [-0.15, -0.1) is 4.90 Å². The molecule has 0 saturated carbocycles. The van der Waals surface area contributed by atoms with Crippen LogP contribution in [0.3, 0.4) is 0 Å². The van der Waals surface area contributed by atoms with E-state index in [2.05, 4.69) is 0 Å². The summed E-state index contributed by atoms with van der Waals surface area (Å²) in [5, 5.41) is 7.72. The summed E-state index contributed by atoms with van der Waals surface area (Å²) in [6.07, 6.45) is 0. The molecule has 1 fully saturated rings. The molecule has 1 N–H and O–H groups in total. The zero-order valence-electron chi connectivity index (χ0n) is 9.34. The van der Waals surface area contributed by atoms with Crippen molar-refractivity contribution in [3.63, 3.8) is 0 Å². The van der Waals surface area contributed by atoms with Crippen LogP contribution in [-0.2, 0) is 4.79 Å². The molecule has 0 radical (unpaired) electrons. The lowest BCUT2D eigenvalue weighted by Gasteiger charge is -2.36. The van der Waals surface area contributed by atoms with Crippen LogP contribution in [0.2, 0.25) is 0 Å². The van der Waals surface area contributed by atoms with E-state index < -0.39 is 46.8 Å². The molecular weight excluding hydrogens is 358 g/mol. The summed E-state index contributed by atoms with van der Waals surface area (Å²) in [5.74, 6) is -25.2. The first kappa shape index (κ1) is 18.6. The van der Waals surface area contributed by atoms with Crippen LogP contribution in [0.4, 0.5) is 52.7 Å². The van der Waals surface area contributed by atoms with E-state index in [1.807, 2.05) is 0 Å². The third-order valence-corrected chi connectivity index (χ3v) is 2.64. The van der Waals surface area contributed by atoms with Gasteiger partial charge in [-0.05, 0) is 0 Å². The molecular formula is C7HF12NO2. The first-order valence-corrected chi connectivity index (χ1v) is 4.62. The summed E-state index contributed by atoms with van der Waals surface area (Å²) in [7, 11) is 0. The fourth-order valence-corrected chi connectivity index (χ4v) is 1.46. The number of aliphatic carboxylic acids is 1. The highest BCUT2D eigenvalue weighted by Crippen LogP contribution is 2.66. The number of rotatable bonds is 3. The average Bonchev–Trinajstić information content (AvgIpc) is 2.32. The molecule has 1 aliphatic heterocycles. The van der Waals surface area contributed by atoms with Gasteiger partial charge in [-0.25, -0.2) is 4.79 Å². The van der Waals surface area contributed by atoms with E-state index in [0.29, 0.717) is 0 Å². The highest BCUT2D eigenvalue weighted by Gasteiger charge is 2.98. The standard InChI is InChI=1S/C7HF12NO2/c8-2(9,1(21)22)5(14,15)20-6(16,17)3(10,11)4(12,13)7(20,18)19/h(H,21,22). The van der Waals surface area contributed by atoms with Gasteiger partial charge in [-0.3, -0.25) is 0 Å². The number of halogens is 12. The summed E-state index contributed by atoms with van der Waals surface area (Å²) in [4.78, 5) is 6.07. The first-order valence-electron chi connectivity index (χ1n) is 4.62. The van der Waals surface area contributed by atoms with E-state index in [1.54, 1.807) is 0 Å². The van der Waals surface area contributed by atoms with Crippen LogP contribution in [-0.4, -0.2) is 51.9 Å². The third-order valence-electron chi connectivity index (χ3n) is 2.64. The second-order valence-corrected chi connectivity index (χ2v) is 3.99. The summed E-state index contributed by atoms with van der Waals surface area (Å²) in [5.41, 5.74) is 0. The Morgan fingerprint density at radius 2 is 1.05 bits per heavy atom. The number of likely N-dealkylation sites (tertiary alicyclic amines) is 1. The van der Waals surface area contributed by atoms with Crippen molar-refractivity contribution in [2.45, 2.75) is 35.9 Å². The second-order valence-electron chi connectivity index (χ2n) is 3.99. The number of carboxylic acids is 1. The molecule has 1 rings (SSSR count). The first-order chi connectivity index (χ1) is 9.31. The minimum Gasteiger partial charge on any atom is -0.477 e. The van der Waals surface area contributed by atoms with Gasteiger partial charge in [0.25, 0.3) is 0 Å². The van der Waals surface area contributed by atoms with Gasteiger partial charge < -0.3 is 5.11 Å². The maximum atomic E-state index is 13.0. The summed E-state index contributed by atoms with van der Waals surface area (Å²) in [6, 6.07) is -21.7. The molecule has 0 bridgehead atoms. The van der Waals surface area contributed by atoms with Gasteiger partial charge >= 0.3 is 41.9 Å². The van der Waals surface area contributed by atoms with Crippen molar-refractivity contribution in [3.8, 4) is 0 Å². The molecule has 15 heteroatoms. The largest absolute Gasteiger partial charge is 0.477 e. The fourth-order valence-electron chi connectivity index (χ4n) is 1.46. The molecule has 3 nitrogen and oxygen atoms in total. The average molecular weight is 359 g/mol. The van der Waals surface area contributed by atoms with Gasteiger partial charge in [0.2, 0.25) is 0 Å². The van der Waals surface area contributed by atoms with Gasteiger partial charge in [0.05, 0.1) is 0 Å². The van der Waals surface area contributed by atoms with Crippen LogP contribution >= 0.6 is 0 Å². The number of alkyl halides is 12. The normalized spacial score (nSPS) is 26.9. The van der Waals surface area contributed by atoms with Crippen molar-refractivity contribution in [2.75, 3.05) is 0 Å². The van der Waals surface area contributed by atoms with Crippen molar-refractivity contribution >= 4 is 5.97 Å². The Balaban J connectivity index is 3.69. The van der Waals surface area contributed by atoms with Gasteiger partial charge in [-0.1, -0.05) is 0 Å². The van der Waals surface area contributed by atoms with Gasteiger partial charge in [0, 0.05) is 0 Å². The molecule has 1 saturated heterocycles. The third kappa shape index (κ3) is 1.68. The molecule has 0 atom stereocenters. The fraction of sp³-hybridized carbons (Fsp3) is 0.857. The second kappa shape index (κ2) is 4.11. The van der Waals surface area contributed by atoms with E-state index in [4.69, 9.17) is 5.11 Å². The number of nitrogens with zero attached hydrogens (tertiary/aromatic N) is 1. The van der Waals surface area contributed by atoms with Crippen molar-refractivity contribution in [1.29, 1.82) is 0 Å².